The van der Waals surface area contributed by atoms with Gasteiger partial charge in [-0.1, -0.05) is 30.3 Å². The van der Waals surface area contributed by atoms with E-state index < -0.39 is 0 Å². The third kappa shape index (κ3) is 3.51. The van der Waals surface area contributed by atoms with Crippen molar-refractivity contribution in [1.29, 1.82) is 0 Å². The number of benzene rings is 2. The number of aryl methyl sites for hydroxylation is 1. The number of aromatic hydroxyl groups is 1. The van der Waals surface area contributed by atoms with Gasteiger partial charge in [0.15, 0.2) is 0 Å². The first-order chi connectivity index (χ1) is 10.7. The van der Waals surface area contributed by atoms with Gasteiger partial charge >= 0.3 is 0 Å². The van der Waals surface area contributed by atoms with Crippen LogP contribution in [0.3, 0.4) is 0 Å². The highest BCUT2D eigenvalue weighted by Crippen LogP contribution is 2.23. The molecule has 0 saturated carbocycles. The molecule has 0 saturated heterocycles. The Hall–Kier alpha value is -2.66. The Morgan fingerprint density at radius 2 is 1.91 bits per heavy atom. The highest BCUT2D eigenvalue weighted by atomic mass is 32.1. The van der Waals surface area contributed by atoms with Crippen LogP contribution in [0.4, 0.5) is 5.13 Å². The Morgan fingerprint density at radius 3 is 2.64 bits per heavy atom. The number of aromatic nitrogens is 1. The van der Waals surface area contributed by atoms with Gasteiger partial charge in [0.25, 0.3) is 0 Å². The van der Waals surface area contributed by atoms with E-state index in [4.69, 9.17) is 0 Å². The molecule has 1 heterocycles. The van der Waals surface area contributed by atoms with E-state index in [1.165, 1.54) is 11.3 Å². The predicted octanol–water partition coefficient (Wildman–Crippen LogP) is 4.27. The van der Waals surface area contributed by atoms with Gasteiger partial charge in [0.2, 0.25) is 5.13 Å². The van der Waals surface area contributed by atoms with Crippen molar-refractivity contribution >= 4 is 22.7 Å². The van der Waals surface area contributed by atoms with E-state index in [0.717, 1.165) is 27.5 Å². The van der Waals surface area contributed by atoms with Gasteiger partial charge in [-0.05, 0) is 41.8 Å². The van der Waals surface area contributed by atoms with Gasteiger partial charge in [0, 0.05) is 5.38 Å². The maximum Gasteiger partial charge on any atom is 0.203 e. The molecule has 0 amide bonds. The van der Waals surface area contributed by atoms with Crippen LogP contribution in [0.1, 0.15) is 11.3 Å². The normalized spacial score (nSPS) is 11.0. The number of nitrogens with zero attached hydrogens (tertiary/aromatic N) is 2. The number of phenolic OH excluding ortho intramolecular Hbond substituents is 1. The van der Waals surface area contributed by atoms with E-state index >= 15 is 0 Å². The minimum absolute atomic E-state index is 0.261. The van der Waals surface area contributed by atoms with Crippen molar-refractivity contribution in [3.63, 3.8) is 0 Å². The maximum absolute atomic E-state index is 9.57. The summed E-state index contributed by atoms with van der Waals surface area (Å²) in [5, 5.41) is 16.5. The SMILES string of the molecule is Cc1csc(NN=Cc2cccc(-c3cccc(O)c3)c2)n1. The second-order valence-corrected chi connectivity index (χ2v) is 5.70. The van der Waals surface area contributed by atoms with Gasteiger partial charge in [-0.25, -0.2) is 4.98 Å². The zero-order valence-electron chi connectivity index (χ0n) is 12.0. The largest absolute Gasteiger partial charge is 0.508 e. The second-order valence-electron chi connectivity index (χ2n) is 4.84. The van der Waals surface area contributed by atoms with Gasteiger partial charge in [-0.3, -0.25) is 5.43 Å². The number of phenols is 1. The molecule has 3 aromatic rings. The Labute approximate surface area is 132 Å². The standard InChI is InChI=1S/C17H15N3OS/c1-12-11-22-17(19-12)20-18-10-13-4-2-5-14(8-13)15-6-3-7-16(21)9-15/h2-11,21H,1H3,(H,19,20). The molecule has 0 aliphatic carbocycles. The van der Waals surface area contributed by atoms with Crippen molar-refractivity contribution in [2.24, 2.45) is 5.10 Å². The van der Waals surface area contributed by atoms with Crippen LogP contribution in [0.2, 0.25) is 0 Å². The summed E-state index contributed by atoms with van der Waals surface area (Å²) in [4.78, 5) is 4.28. The fraction of sp³-hybridized carbons (Fsp3) is 0.0588. The Morgan fingerprint density at radius 1 is 1.14 bits per heavy atom. The van der Waals surface area contributed by atoms with Crippen molar-refractivity contribution in [2.75, 3.05) is 5.43 Å². The molecular formula is C17H15N3OS. The van der Waals surface area contributed by atoms with Gasteiger partial charge in [0.1, 0.15) is 5.75 Å². The summed E-state index contributed by atoms with van der Waals surface area (Å²) >= 11 is 1.52. The van der Waals surface area contributed by atoms with E-state index in [9.17, 15) is 5.11 Å². The molecular weight excluding hydrogens is 294 g/mol. The number of nitrogens with one attached hydrogen (secondary N) is 1. The van der Waals surface area contributed by atoms with E-state index in [1.54, 1.807) is 18.3 Å². The summed E-state index contributed by atoms with van der Waals surface area (Å²) in [6, 6.07) is 15.2. The van der Waals surface area contributed by atoms with Crippen molar-refractivity contribution in [1.82, 2.24) is 4.98 Å². The fourth-order valence-corrected chi connectivity index (χ4v) is 2.69. The molecule has 2 aromatic carbocycles. The van der Waals surface area contributed by atoms with Crippen LogP contribution in [0.15, 0.2) is 59.0 Å². The monoisotopic (exact) mass is 309 g/mol. The van der Waals surface area contributed by atoms with Crippen LogP contribution in [0.25, 0.3) is 11.1 Å². The molecule has 0 spiro atoms. The van der Waals surface area contributed by atoms with Crippen LogP contribution in [0.5, 0.6) is 5.75 Å². The third-order valence-corrected chi connectivity index (χ3v) is 3.92. The number of hydrogen-bond donors (Lipinski definition) is 2. The van der Waals surface area contributed by atoms with E-state index in [2.05, 4.69) is 15.5 Å². The average molecular weight is 309 g/mol. The number of rotatable bonds is 4. The summed E-state index contributed by atoms with van der Waals surface area (Å²) in [6.45, 7) is 1.95. The minimum Gasteiger partial charge on any atom is -0.508 e. The number of hydrogen-bond acceptors (Lipinski definition) is 5. The molecule has 110 valence electrons. The summed E-state index contributed by atoms with van der Waals surface area (Å²) < 4.78 is 0. The molecule has 0 unspecified atom stereocenters. The van der Waals surface area contributed by atoms with Crippen molar-refractivity contribution < 1.29 is 5.11 Å². The third-order valence-electron chi connectivity index (χ3n) is 3.06. The first-order valence-electron chi connectivity index (χ1n) is 6.81. The summed E-state index contributed by atoms with van der Waals surface area (Å²) in [5.74, 6) is 0.261. The first kappa shape index (κ1) is 14.3. The van der Waals surface area contributed by atoms with E-state index in [-0.39, 0.29) is 5.75 Å². The lowest BCUT2D eigenvalue weighted by Gasteiger charge is -2.03. The highest BCUT2D eigenvalue weighted by molar-refractivity contribution is 7.13. The molecule has 0 atom stereocenters. The van der Waals surface area contributed by atoms with Crippen molar-refractivity contribution in [3.8, 4) is 16.9 Å². The molecule has 0 radical (unpaired) electrons. The van der Waals surface area contributed by atoms with Gasteiger partial charge in [-0.2, -0.15) is 5.10 Å². The van der Waals surface area contributed by atoms with E-state index in [1.807, 2.05) is 48.7 Å². The lowest BCUT2D eigenvalue weighted by molar-refractivity contribution is 0.475. The number of hydrazone groups is 1. The molecule has 0 aliphatic rings. The molecule has 3 rings (SSSR count). The molecule has 5 heteroatoms. The van der Waals surface area contributed by atoms with Gasteiger partial charge < -0.3 is 5.11 Å². The van der Waals surface area contributed by atoms with Crippen molar-refractivity contribution in [2.45, 2.75) is 6.92 Å². The maximum atomic E-state index is 9.57. The smallest absolute Gasteiger partial charge is 0.203 e. The van der Waals surface area contributed by atoms with Gasteiger partial charge in [-0.15, -0.1) is 11.3 Å². The predicted molar refractivity (Wildman–Crippen MR) is 91.6 cm³/mol. The molecule has 0 aliphatic heterocycles. The highest BCUT2D eigenvalue weighted by Gasteiger charge is 2.00. The van der Waals surface area contributed by atoms with Crippen LogP contribution in [-0.2, 0) is 0 Å². The Bertz CT molecular complexity index is 811. The quantitative estimate of drug-likeness (QED) is 0.559. The summed E-state index contributed by atoms with van der Waals surface area (Å²) in [5.41, 5.74) is 6.88. The summed E-state index contributed by atoms with van der Waals surface area (Å²) in [6.07, 6.45) is 1.75. The van der Waals surface area contributed by atoms with Crippen LogP contribution < -0.4 is 5.43 Å². The number of anilines is 1. The zero-order chi connectivity index (χ0) is 15.4. The molecule has 1 aromatic heterocycles. The van der Waals surface area contributed by atoms with Crippen molar-refractivity contribution in [3.05, 3.63) is 65.2 Å². The Balaban J connectivity index is 1.76. The van der Waals surface area contributed by atoms with Gasteiger partial charge in [0.05, 0.1) is 11.9 Å². The van der Waals surface area contributed by atoms with Crippen LogP contribution >= 0.6 is 11.3 Å². The Kier molecular flexibility index (Phi) is 4.16. The fourth-order valence-electron chi connectivity index (χ4n) is 2.05. The molecule has 2 N–H and O–H groups in total. The molecule has 4 nitrogen and oxygen atoms in total. The lowest BCUT2D eigenvalue weighted by Crippen LogP contribution is -1.90. The second kappa shape index (κ2) is 6.41. The van der Waals surface area contributed by atoms with E-state index in [0.29, 0.717) is 0 Å². The first-order valence-corrected chi connectivity index (χ1v) is 7.69. The molecule has 0 fully saturated rings. The number of thiazole rings is 1. The molecule has 0 bridgehead atoms. The summed E-state index contributed by atoms with van der Waals surface area (Å²) in [7, 11) is 0. The topological polar surface area (TPSA) is 57.5 Å². The molecule has 22 heavy (non-hydrogen) atoms. The zero-order valence-corrected chi connectivity index (χ0v) is 12.8. The minimum atomic E-state index is 0.261. The van der Waals surface area contributed by atoms with Crippen LogP contribution in [0, 0.1) is 6.92 Å². The average Bonchev–Trinajstić information content (AvgIpc) is 2.93. The van der Waals surface area contributed by atoms with Crippen LogP contribution in [-0.4, -0.2) is 16.3 Å². The lowest BCUT2D eigenvalue weighted by atomic mass is 10.0.